The van der Waals surface area contributed by atoms with Crippen molar-refractivity contribution in [2.75, 3.05) is 26.3 Å². The van der Waals surface area contributed by atoms with E-state index in [1.54, 1.807) is 24.3 Å². The SMILES string of the molecule is CCOc1ccc(S(=O)(=O)N2CCOC(c3ccc(C(C)C)cc3)C2)cc1. The first-order valence-corrected chi connectivity index (χ1v) is 10.8. The summed E-state index contributed by atoms with van der Waals surface area (Å²) in [5.74, 6) is 1.13. The average Bonchev–Trinajstić information content (AvgIpc) is 2.69. The summed E-state index contributed by atoms with van der Waals surface area (Å²) in [4.78, 5) is 0.279. The number of rotatable bonds is 6. The van der Waals surface area contributed by atoms with Crippen molar-refractivity contribution in [2.45, 2.75) is 37.7 Å². The monoisotopic (exact) mass is 389 g/mol. The van der Waals surface area contributed by atoms with Crippen molar-refractivity contribution in [3.05, 3.63) is 59.7 Å². The topological polar surface area (TPSA) is 55.8 Å². The fourth-order valence-electron chi connectivity index (χ4n) is 3.16. The van der Waals surface area contributed by atoms with E-state index in [0.29, 0.717) is 38.0 Å². The maximum absolute atomic E-state index is 13.0. The molecule has 0 N–H and O–H groups in total. The van der Waals surface area contributed by atoms with E-state index in [1.165, 1.54) is 9.87 Å². The van der Waals surface area contributed by atoms with E-state index in [9.17, 15) is 8.42 Å². The highest BCUT2D eigenvalue weighted by atomic mass is 32.2. The first-order valence-electron chi connectivity index (χ1n) is 9.36. The van der Waals surface area contributed by atoms with Gasteiger partial charge in [-0.2, -0.15) is 4.31 Å². The summed E-state index contributed by atoms with van der Waals surface area (Å²) >= 11 is 0. The van der Waals surface area contributed by atoms with Crippen LogP contribution in [0.4, 0.5) is 0 Å². The molecule has 0 spiro atoms. The second-order valence-electron chi connectivity index (χ2n) is 6.95. The van der Waals surface area contributed by atoms with Gasteiger partial charge in [-0.3, -0.25) is 0 Å². The van der Waals surface area contributed by atoms with Gasteiger partial charge in [-0.25, -0.2) is 8.42 Å². The molecule has 1 unspecified atom stereocenters. The lowest BCUT2D eigenvalue weighted by atomic mass is 10.00. The van der Waals surface area contributed by atoms with Gasteiger partial charge in [0.05, 0.1) is 24.2 Å². The van der Waals surface area contributed by atoms with Gasteiger partial charge in [-0.05, 0) is 48.2 Å². The van der Waals surface area contributed by atoms with Crippen LogP contribution in [-0.2, 0) is 14.8 Å². The molecule has 6 heteroatoms. The zero-order chi connectivity index (χ0) is 19.4. The molecule has 1 fully saturated rings. The van der Waals surface area contributed by atoms with Crippen LogP contribution in [0.15, 0.2) is 53.4 Å². The molecule has 0 aromatic heterocycles. The number of hydrogen-bond acceptors (Lipinski definition) is 4. The Balaban J connectivity index is 1.76. The first-order chi connectivity index (χ1) is 12.9. The van der Waals surface area contributed by atoms with Gasteiger partial charge in [0.25, 0.3) is 0 Å². The van der Waals surface area contributed by atoms with Crippen LogP contribution in [0.2, 0.25) is 0 Å². The Labute approximate surface area is 162 Å². The summed E-state index contributed by atoms with van der Waals surface area (Å²) in [6.07, 6.45) is -0.252. The van der Waals surface area contributed by atoms with Crippen LogP contribution in [0.5, 0.6) is 5.75 Å². The van der Waals surface area contributed by atoms with E-state index in [4.69, 9.17) is 9.47 Å². The van der Waals surface area contributed by atoms with Crippen LogP contribution in [-0.4, -0.2) is 39.0 Å². The van der Waals surface area contributed by atoms with E-state index >= 15 is 0 Å². The van der Waals surface area contributed by atoms with Crippen molar-refractivity contribution in [3.63, 3.8) is 0 Å². The van der Waals surface area contributed by atoms with E-state index in [1.807, 2.05) is 19.1 Å². The Morgan fingerprint density at radius 3 is 2.37 bits per heavy atom. The number of sulfonamides is 1. The summed E-state index contributed by atoms with van der Waals surface area (Å²) in [6.45, 7) is 7.80. The van der Waals surface area contributed by atoms with E-state index in [0.717, 1.165) is 5.56 Å². The Bertz CT molecular complexity index is 845. The summed E-state index contributed by atoms with van der Waals surface area (Å²) < 4.78 is 38.8. The lowest BCUT2D eigenvalue weighted by Crippen LogP contribution is -2.42. The molecule has 0 amide bonds. The number of morpholine rings is 1. The fourth-order valence-corrected chi connectivity index (χ4v) is 4.59. The molecule has 5 nitrogen and oxygen atoms in total. The molecule has 1 saturated heterocycles. The van der Waals surface area contributed by atoms with Gasteiger partial charge in [0, 0.05) is 13.1 Å². The molecular formula is C21H27NO4S. The molecule has 1 heterocycles. The van der Waals surface area contributed by atoms with Crippen molar-refractivity contribution in [1.29, 1.82) is 0 Å². The Kier molecular flexibility index (Phi) is 6.19. The Morgan fingerprint density at radius 1 is 1.11 bits per heavy atom. The van der Waals surface area contributed by atoms with Crippen molar-refractivity contribution in [1.82, 2.24) is 4.31 Å². The molecule has 2 aromatic carbocycles. The lowest BCUT2D eigenvalue weighted by Gasteiger charge is -2.32. The van der Waals surface area contributed by atoms with Crippen molar-refractivity contribution in [2.24, 2.45) is 0 Å². The van der Waals surface area contributed by atoms with Crippen molar-refractivity contribution >= 4 is 10.0 Å². The van der Waals surface area contributed by atoms with Gasteiger partial charge in [0.2, 0.25) is 10.0 Å². The van der Waals surface area contributed by atoms with Crippen LogP contribution in [0.25, 0.3) is 0 Å². The highest BCUT2D eigenvalue weighted by molar-refractivity contribution is 7.89. The minimum Gasteiger partial charge on any atom is -0.494 e. The molecule has 27 heavy (non-hydrogen) atoms. The molecule has 1 aliphatic heterocycles. The summed E-state index contributed by atoms with van der Waals surface area (Å²) in [5, 5.41) is 0. The molecule has 0 bridgehead atoms. The number of hydrogen-bond donors (Lipinski definition) is 0. The zero-order valence-corrected chi connectivity index (χ0v) is 16.9. The molecule has 0 saturated carbocycles. The molecule has 146 valence electrons. The third kappa shape index (κ3) is 4.51. The number of ether oxygens (including phenoxy) is 2. The van der Waals surface area contributed by atoms with Gasteiger partial charge in [-0.1, -0.05) is 38.1 Å². The van der Waals surface area contributed by atoms with Gasteiger partial charge in [-0.15, -0.1) is 0 Å². The second kappa shape index (κ2) is 8.42. The Hall–Kier alpha value is -1.89. The molecule has 0 radical (unpaired) electrons. The zero-order valence-electron chi connectivity index (χ0n) is 16.1. The normalized spacial score (nSPS) is 18.6. The minimum atomic E-state index is -3.56. The second-order valence-corrected chi connectivity index (χ2v) is 8.89. The highest BCUT2D eigenvalue weighted by Crippen LogP contribution is 2.28. The third-order valence-corrected chi connectivity index (χ3v) is 6.66. The molecule has 3 rings (SSSR count). The van der Waals surface area contributed by atoms with Crippen LogP contribution in [0.3, 0.4) is 0 Å². The summed E-state index contributed by atoms with van der Waals surface area (Å²) in [7, 11) is -3.56. The van der Waals surface area contributed by atoms with Crippen LogP contribution in [0.1, 0.15) is 43.9 Å². The summed E-state index contributed by atoms with van der Waals surface area (Å²) in [5.41, 5.74) is 2.26. The van der Waals surface area contributed by atoms with Gasteiger partial charge < -0.3 is 9.47 Å². The first kappa shape index (κ1) is 19.9. The van der Waals surface area contributed by atoms with E-state index in [-0.39, 0.29) is 11.0 Å². The van der Waals surface area contributed by atoms with Crippen LogP contribution in [0, 0.1) is 0 Å². The lowest BCUT2D eigenvalue weighted by molar-refractivity contribution is -0.00256. The molecular weight excluding hydrogens is 362 g/mol. The quantitative estimate of drug-likeness (QED) is 0.750. The fraction of sp³-hybridized carbons (Fsp3) is 0.429. The van der Waals surface area contributed by atoms with Crippen LogP contribution < -0.4 is 4.74 Å². The average molecular weight is 390 g/mol. The summed E-state index contributed by atoms with van der Waals surface area (Å²) in [6, 6.07) is 14.8. The third-order valence-electron chi connectivity index (χ3n) is 4.78. The maximum Gasteiger partial charge on any atom is 0.243 e. The van der Waals surface area contributed by atoms with E-state index < -0.39 is 10.0 Å². The smallest absolute Gasteiger partial charge is 0.243 e. The molecule has 1 aliphatic rings. The predicted octanol–water partition coefficient (Wildman–Crippen LogP) is 3.97. The highest BCUT2D eigenvalue weighted by Gasteiger charge is 2.31. The van der Waals surface area contributed by atoms with Gasteiger partial charge in [0.15, 0.2) is 0 Å². The molecule has 0 aliphatic carbocycles. The van der Waals surface area contributed by atoms with E-state index in [2.05, 4.69) is 26.0 Å². The Morgan fingerprint density at radius 2 is 1.78 bits per heavy atom. The molecule has 1 atom stereocenters. The van der Waals surface area contributed by atoms with Gasteiger partial charge >= 0.3 is 0 Å². The maximum atomic E-state index is 13.0. The minimum absolute atomic E-state index is 0.252. The van der Waals surface area contributed by atoms with Crippen LogP contribution >= 0.6 is 0 Å². The number of benzene rings is 2. The van der Waals surface area contributed by atoms with Crippen molar-refractivity contribution < 1.29 is 17.9 Å². The molecule has 2 aromatic rings. The van der Waals surface area contributed by atoms with Crippen molar-refractivity contribution in [3.8, 4) is 5.75 Å². The largest absolute Gasteiger partial charge is 0.494 e. The number of nitrogens with zero attached hydrogens (tertiary/aromatic N) is 1. The van der Waals surface area contributed by atoms with Gasteiger partial charge in [0.1, 0.15) is 5.75 Å². The standard InChI is InChI=1S/C21H27NO4S/c1-4-25-19-9-11-20(12-10-19)27(23,24)22-13-14-26-21(15-22)18-7-5-17(6-8-18)16(2)3/h5-12,16,21H,4,13-15H2,1-3H3. The predicted molar refractivity (Wildman–Crippen MR) is 106 cm³/mol.